The maximum absolute atomic E-state index is 2.44. The lowest BCUT2D eigenvalue weighted by Crippen LogP contribution is -2.17. The van der Waals surface area contributed by atoms with Gasteiger partial charge in [0.05, 0.1) is 5.69 Å². The second kappa shape index (κ2) is 15.4. The molecule has 1 aliphatic carbocycles. The zero-order valence-corrected chi connectivity index (χ0v) is 35.0. The molecule has 0 atom stereocenters. The third-order valence-corrected chi connectivity index (χ3v) is 12.9. The van der Waals surface area contributed by atoms with Crippen LogP contribution in [0.5, 0.6) is 0 Å². The van der Waals surface area contributed by atoms with Crippen molar-refractivity contribution in [3.05, 3.63) is 248 Å². The Hall–Kier alpha value is -7.74. The Morgan fingerprint density at radius 1 is 0.274 bits per heavy atom. The number of nitrogens with zero attached hydrogens (tertiary/aromatic N) is 1. The van der Waals surface area contributed by atoms with Crippen LogP contribution in [0.1, 0.15) is 25.0 Å². The molecule has 10 aromatic rings. The summed E-state index contributed by atoms with van der Waals surface area (Å²) < 4.78 is 0. The van der Waals surface area contributed by atoms with Crippen LogP contribution in [0.15, 0.2) is 237 Å². The third-order valence-electron chi connectivity index (χ3n) is 12.9. The van der Waals surface area contributed by atoms with Gasteiger partial charge in [0.1, 0.15) is 0 Å². The number of para-hydroxylation sites is 1. The molecule has 11 rings (SSSR count). The van der Waals surface area contributed by atoms with Crippen molar-refractivity contribution in [1.82, 2.24) is 0 Å². The topological polar surface area (TPSA) is 3.24 Å². The molecule has 0 amide bonds. The van der Waals surface area contributed by atoms with Gasteiger partial charge in [0, 0.05) is 22.4 Å². The van der Waals surface area contributed by atoms with Gasteiger partial charge >= 0.3 is 0 Å². The first-order valence-corrected chi connectivity index (χ1v) is 21.6. The summed E-state index contributed by atoms with van der Waals surface area (Å²) in [7, 11) is 0. The summed E-state index contributed by atoms with van der Waals surface area (Å²) in [5.41, 5.74) is 20.7. The summed E-state index contributed by atoms with van der Waals surface area (Å²) in [6.45, 7) is 4.77. The van der Waals surface area contributed by atoms with Crippen LogP contribution in [0.4, 0.5) is 17.1 Å². The van der Waals surface area contributed by atoms with E-state index in [1.54, 1.807) is 0 Å². The summed E-state index contributed by atoms with van der Waals surface area (Å²) >= 11 is 0. The molecule has 1 heteroatoms. The van der Waals surface area contributed by atoms with Gasteiger partial charge in [-0.05, 0) is 126 Å². The second-order valence-electron chi connectivity index (χ2n) is 17.0. The van der Waals surface area contributed by atoms with Crippen LogP contribution in [0.25, 0.3) is 77.5 Å². The van der Waals surface area contributed by atoms with Crippen LogP contribution >= 0.6 is 0 Å². The van der Waals surface area contributed by atoms with E-state index in [4.69, 9.17) is 0 Å². The van der Waals surface area contributed by atoms with Gasteiger partial charge in [-0.2, -0.15) is 0 Å². The van der Waals surface area contributed by atoms with Gasteiger partial charge in [-0.25, -0.2) is 0 Å². The van der Waals surface area contributed by atoms with Crippen molar-refractivity contribution in [2.45, 2.75) is 19.3 Å². The maximum Gasteiger partial charge on any atom is 0.0540 e. The standard InChI is InChI=1S/C61H45N/c1-61(2)58-40-52(47-27-25-46(26-28-47)45-23-21-44(22-24-45)42-13-5-3-6-14-42)33-37-56(58)57-38-36-54(41-59(57)61)62(60-20-12-11-19-55(60)49-16-7-4-8-17-49)53-34-31-48(32-35-53)51-30-29-43-15-9-10-18-50(43)39-51/h3-41H,1-2H3. The van der Waals surface area contributed by atoms with Crippen molar-refractivity contribution in [3.63, 3.8) is 0 Å². The van der Waals surface area contributed by atoms with Crippen molar-refractivity contribution in [1.29, 1.82) is 0 Å². The first-order chi connectivity index (χ1) is 30.5. The molecule has 0 heterocycles. The number of hydrogen-bond donors (Lipinski definition) is 0. The SMILES string of the molecule is CC1(C)c2cc(-c3ccc(-c4ccc(-c5ccccc5)cc4)cc3)ccc2-c2ccc(N(c3ccc(-c4ccc5ccccc5c4)cc3)c3ccccc3-c3ccccc3)cc21. The highest BCUT2D eigenvalue weighted by Crippen LogP contribution is 2.52. The van der Waals surface area contributed by atoms with Gasteiger partial charge in [0.15, 0.2) is 0 Å². The Kier molecular flexibility index (Phi) is 9.24. The van der Waals surface area contributed by atoms with Crippen molar-refractivity contribution >= 4 is 27.8 Å². The Bertz CT molecular complexity index is 3220. The fourth-order valence-corrected chi connectivity index (χ4v) is 9.51. The summed E-state index contributed by atoms with van der Waals surface area (Å²) in [5, 5.41) is 2.50. The molecule has 0 aliphatic heterocycles. The zero-order chi connectivity index (χ0) is 41.6. The summed E-state index contributed by atoms with van der Waals surface area (Å²) in [4.78, 5) is 2.44. The Morgan fingerprint density at radius 3 is 1.34 bits per heavy atom. The first-order valence-electron chi connectivity index (χ1n) is 21.6. The molecule has 0 saturated heterocycles. The van der Waals surface area contributed by atoms with Gasteiger partial charge in [-0.15, -0.1) is 0 Å². The van der Waals surface area contributed by atoms with E-state index in [0.717, 1.165) is 17.1 Å². The van der Waals surface area contributed by atoms with Crippen molar-refractivity contribution < 1.29 is 0 Å². The molecule has 1 aliphatic rings. The first kappa shape index (κ1) is 37.3. The van der Waals surface area contributed by atoms with Crippen molar-refractivity contribution in [3.8, 4) is 66.8 Å². The van der Waals surface area contributed by atoms with Crippen LogP contribution in [-0.2, 0) is 5.41 Å². The lowest BCUT2D eigenvalue weighted by atomic mass is 9.81. The van der Waals surface area contributed by atoms with Gasteiger partial charge < -0.3 is 4.90 Å². The maximum atomic E-state index is 2.44. The Labute approximate surface area is 364 Å². The molecule has 1 nitrogen and oxygen atoms in total. The van der Waals surface area contributed by atoms with Crippen molar-refractivity contribution in [2.75, 3.05) is 4.90 Å². The summed E-state index contributed by atoms with van der Waals surface area (Å²) in [6, 6.07) is 86.5. The highest BCUT2D eigenvalue weighted by Gasteiger charge is 2.36. The van der Waals surface area contributed by atoms with E-state index in [1.165, 1.54) is 88.7 Å². The Morgan fingerprint density at radius 2 is 0.694 bits per heavy atom. The second-order valence-corrected chi connectivity index (χ2v) is 17.0. The molecule has 62 heavy (non-hydrogen) atoms. The van der Waals surface area contributed by atoms with E-state index in [-0.39, 0.29) is 5.41 Å². The minimum absolute atomic E-state index is 0.207. The Balaban J connectivity index is 0.939. The lowest BCUT2D eigenvalue weighted by molar-refractivity contribution is 0.660. The lowest BCUT2D eigenvalue weighted by Gasteiger charge is -2.30. The van der Waals surface area contributed by atoms with Gasteiger partial charge in [0.25, 0.3) is 0 Å². The highest BCUT2D eigenvalue weighted by molar-refractivity contribution is 5.92. The van der Waals surface area contributed by atoms with Crippen molar-refractivity contribution in [2.24, 2.45) is 0 Å². The van der Waals surface area contributed by atoms with Crippen LogP contribution in [-0.4, -0.2) is 0 Å². The van der Waals surface area contributed by atoms with Crippen LogP contribution < -0.4 is 4.90 Å². The predicted molar refractivity (Wildman–Crippen MR) is 263 cm³/mol. The van der Waals surface area contributed by atoms with E-state index in [1.807, 2.05) is 0 Å². The average molecular weight is 792 g/mol. The van der Waals surface area contributed by atoms with E-state index in [2.05, 4.69) is 255 Å². The molecule has 0 saturated carbocycles. The smallest absolute Gasteiger partial charge is 0.0540 e. The fourth-order valence-electron chi connectivity index (χ4n) is 9.51. The van der Waals surface area contributed by atoms with Crippen LogP contribution in [0, 0.1) is 0 Å². The average Bonchev–Trinajstić information content (AvgIpc) is 3.57. The van der Waals surface area contributed by atoms with E-state index in [9.17, 15) is 0 Å². The molecule has 0 spiro atoms. The minimum atomic E-state index is -0.207. The van der Waals surface area contributed by atoms with Crippen LogP contribution in [0.3, 0.4) is 0 Å². The number of anilines is 3. The van der Waals surface area contributed by atoms with E-state index in [0.29, 0.717) is 0 Å². The van der Waals surface area contributed by atoms with E-state index >= 15 is 0 Å². The molecule has 10 aromatic carbocycles. The molecular weight excluding hydrogens is 747 g/mol. The van der Waals surface area contributed by atoms with Crippen LogP contribution in [0.2, 0.25) is 0 Å². The molecule has 0 radical (unpaired) electrons. The van der Waals surface area contributed by atoms with Gasteiger partial charge in [0.2, 0.25) is 0 Å². The molecule has 294 valence electrons. The molecule has 0 fully saturated rings. The molecule has 0 bridgehead atoms. The largest absolute Gasteiger partial charge is 0.310 e. The molecule has 0 N–H and O–H groups in total. The predicted octanol–water partition coefficient (Wildman–Crippen LogP) is 17.0. The third kappa shape index (κ3) is 6.69. The monoisotopic (exact) mass is 791 g/mol. The normalized spacial score (nSPS) is 12.5. The molecule has 0 unspecified atom stereocenters. The molecular formula is C61H45N. The van der Waals surface area contributed by atoms with Gasteiger partial charge in [-0.3, -0.25) is 0 Å². The zero-order valence-electron chi connectivity index (χ0n) is 35.0. The quantitative estimate of drug-likeness (QED) is 0.148. The molecule has 0 aromatic heterocycles. The highest BCUT2D eigenvalue weighted by atomic mass is 15.1. The minimum Gasteiger partial charge on any atom is -0.310 e. The summed E-state index contributed by atoms with van der Waals surface area (Å²) in [6.07, 6.45) is 0. The van der Waals surface area contributed by atoms with Gasteiger partial charge in [-0.1, -0.05) is 208 Å². The fraction of sp³-hybridized carbons (Fsp3) is 0.0492. The number of hydrogen-bond acceptors (Lipinski definition) is 1. The van der Waals surface area contributed by atoms with E-state index < -0.39 is 0 Å². The number of benzene rings is 10. The summed E-state index contributed by atoms with van der Waals surface area (Å²) in [5.74, 6) is 0. The number of fused-ring (bicyclic) bond motifs is 4. The number of rotatable bonds is 8.